The molecular formula is C20H29N3O. The first-order valence-electron chi connectivity index (χ1n) is 9.62. The zero-order chi connectivity index (χ0) is 16.6. The highest BCUT2D eigenvalue weighted by molar-refractivity contribution is 5.77. The summed E-state index contributed by atoms with van der Waals surface area (Å²) in [5.41, 5.74) is 1.55. The third-order valence-electron chi connectivity index (χ3n) is 6.35. The minimum Gasteiger partial charge on any atom is -0.356 e. The normalized spacial score (nSPS) is 28.8. The number of anilines is 1. The Hall–Kier alpha value is -1.58. The number of carbonyl (C=O) groups is 1. The van der Waals surface area contributed by atoms with Crippen molar-refractivity contribution in [2.75, 3.05) is 24.5 Å². The summed E-state index contributed by atoms with van der Waals surface area (Å²) in [6.07, 6.45) is 11.2. The van der Waals surface area contributed by atoms with Gasteiger partial charge in [-0.05, 0) is 56.7 Å². The van der Waals surface area contributed by atoms with Crippen LogP contribution in [0.2, 0.25) is 0 Å². The number of nitrogens with zero attached hydrogens (tertiary/aromatic N) is 3. The van der Waals surface area contributed by atoms with E-state index in [0.717, 1.165) is 38.3 Å². The van der Waals surface area contributed by atoms with Gasteiger partial charge in [-0.25, -0.2) is 4.98 Å². The number of hydrogen-bond donors (Lipinski definition) is 0. The predicted octanol–water partition coefficient (Wildman–Crippen LogP) is 3.54. The summed E-state index contributed by atoms with van der Waals surface area (Å²) in [6, 6.07) is 4.77. The molecule has 0 aromatic carbocycles. The van der Waals surface area contributed by atoms with E-state index in [1.54, 1.807) is 0 Å². The fourth-order valence-corrected chi connectivity index (χ4v) is 5.02. The van der Waals surface area contributed by atoms with E-state index >= 15 is 0 Å². The number of pyridine rings is 1. The predicted molar refractivity (Wildman–Crippen MR) is 96.1 cm³/mol. The maximum absolute atomic E-state index is 12.5. The van der Waals surface area contributed by atoms with Crippen LogP contribution in [0.5, 0.6) is 0 Å². The van der Waals surface area contributed by atoms with Crippen molar-refractivity contribution >= 4 is 11.7 Å². The topological polar surface area (TPSA) is 36.4 Å². The number of aromatic nitrogens is 1. The third-order valence-corrected chi connectivity index (χ3v) is 6.35. The number of piperidine rings is 2. The van der Waals surface area contributed by atoms with Gasteiger partial charge in [0.15, 0.2) is 0 Å². The maximum atomic E-state index is 12.5. The first kappa shape index (κ1) is 15.9. The lowest BCUT2D eigenvalue weighted by atomic mass is 9.73. The van der Waals surface area contributed by atoms with Crippen LogP contribution < -0.4 is 4.90 Å². The Kier molecular flexibility index (Phi) is 4.23. The quantitative estimate of drug-likeness (QED) is 0.833. The average Bonchev–Trinajstić information content (AvgIpc) is 3.12. The van der Waals surface area contributed by atoms with E-state index in [9.17, 15) is 4.79 Å². The molecule has 1 unspecified atom stereocenters. The molecule has 1 aromatic heterocycles. The van der Waals surface area contributed by atoms with Crippen LogP contribution in [0.15, 0.2) is 18.3 Å². The van der Waals surface area contributed by atoms with Gasteiger partial charge in [0, 0.05) is 43.7 Å². The number of likely N-dealkylation sites (tertiary alicyclic amines) is 1. The van der Waals surface area contributed by atoms with Crippen molar-refractivity contribution in [2.24, 2.45) is 5.41 Å². The Morgan fingerprint density at radius 2 is 2.00 bits per heavy atom. The average molecular weight is 327 g/mol. The number of aryl methyl sites for hydroxylation is 1. The molecule has 1 aliphatic carbocycles. The molecule has 4 rings (SSSR count). The molecule has 1 amide bonds. The van der Waals surface area contributed by atoms with Gasteiger partial charge in [-0.15, -0.1) is 0 Å². The number of carbonyl (C=O) groups excluding carboxylic acids is 1. The molecule has 1 saturated carbocycles. The Morgan fingerprint density at radius 1 is 1.17 bits per heavy atom. The van der Waals surface area contributed by atoms with Gasteiger partial charge >= 0.3 is 0 Å². The molecule has 1 aromatic rings. The van der Waals surface area contributed by atoms with Crippen molar-refractivity contribution < 1.29 is 4.79 Å². The minimum atomic E-state index is 0.278. The van der Waals surface area contributed by atoms with E-state index in [1.807, 2.05) is 6.20 Å². The van der Waals surface area contributed by atoms with Gasteiger partial charge in [-0.2, -0.15) is 0 Å². The van der Waals surface area contributed by atoms with Gasteiger partial charge in [0.2, 0.25) is 5.91 Å². The Morgan fingerprint density at radius 3 is 2.79 bits per heavy atom. The Balaban J connectivity index is 1.52. The second-order valence-electron chi connectivity index (χ2n) is 8.18. The lowest BCUT2D eigenvalue weighted by Gasteiger charge is -2.50. The van der Waals surface area contributed by atoms with E-state index < -0.39 is 0 Å². The summed E-state index contributed by atoms with van der Waals surface area (Å²) in [4.78, 5) is 21.8. The molecular weight excluding hydrogens is 298 g/mol. The maximum Gasteiger partial charge on any atom is 0.222 e. The summed E-state index contributed by atoms with van der Waals surface area (Å²) in [5.74, 6) is 1.51. The molecule has 1 atom stereocenters. The highest BCUT2D eigenvalue weighted by Gasteiger charge is 2.44. The van der Waals surface area contributed by atoms with Crippen LogP contribution in [0, 0.1) is 12.3 Å². The first-order valence-corrected chi connectivity index (χ1v) is 9.62. The van der Waals surface area contributed by atoms with Gasteiger partial charge in [0.25, 0.3) is 0 Å². The Labute approximate surface area is 145 Å². The molecule has 4 nitrogen and oxygen atoms in total. The molecule has 1 spiro atoms. The lowest BCUT2D eigenvalue weighted by Crippen LogP contribution is -2.56. The van der Waals surface area contributed by atoms with Crippen molar-refractivity contribution in [1.29, 1.82) is 0 Å². The molecule has 2 aliphatic heterocycles. The van der Waals surface area contributed by atoms with E-state index in [1.165, 1.54) is 44.1 Å². The monoisotopic (exact) mass is 327 g/mol. The van der Waals surface area contributed by atoms with Crippen molar-refractivity contribution in [3.05, 3.63) is 23.9 Å². The van der Waals surface area contributed by atoms with Gasteiger partial charge in [-0.3, -0.25) is 4.79 Å². The smallest absolute Gasteiger partial charge is 0.222 e. The second kappa shape index (κ2) is 6.38. The largest absolute Gasteiger partial charge is 0.356 e. The van der Waals surface area contributed by atoms with Crippen molar-refractivity contribution in [3.8, 4) is 0 Å². The molecule has 130 valence electrons. The van der Waals surface area contributed by atoms with Crippen LogP contribution in [0.3, 0.4) is 0 Å². The fraction of sp³-hybridized carbons (Fsp3) is 0.700. The van der Waals surface area contributed by atoms with Crippen LogP contribution in [0.4, 0.5) is 5.82 Å². The highest BCUT2D eigenvalue weighted by Crippen LogP contribution is 2.41. The van der Waals surface area contributed by atoms with Gasteiger partial charge in [0.05, 0.1) is 0 Å². The molecule has 3 fully saturated rings. The first-order chi connectivity index (χ1) is 11.7. The lowest BCUT2D eigenvalue weighted by molar-refractivity contribution is -0.140. The Bertz CT molecular complexity index is 611. The van der Waals surface area contributed by atoms with Gasteiger partial charge < -0.3 is 9.80 Å². The molecule has 0 N–H and O–H groups in total. The van der Waals surface area contributed by atoms with Gasteiger partial charge in [0.1, 0.15) is 5.82 Å². The number of hydrogen-bond acceptors (Lipinski definition) is 3. The number of rotatable bonds is 2. The van der Waals surface area contributed by atoms with Gasteiger partial charge in [-0.1, -0.05) is 12.8 Å². The van der Waals surface area contributed by atoms with E-state index in [2.05, 4.69) is 33.8 Å². The summed E-state index contributed by atoms with van der Waals surface area (Å²) in [6.45, 7) is 5.25. The third kappa shape index (κ3) is 3.03. The SMILES string of the molecule is Cc1ccnc(N2CCCC3(CCC(=O)N(C4CCCC4)C3)C2)c1. The summed E-state index contributed by atoms with van der Waals surface area (Å²) in [5, 5.41) is 0. The van der Waals surface area contributed by atoms with Crippen LogP contribution in [0.1, 0.15) is 56.9 Å². The highest BCUT2D eigenvalue weighted by atomic mass is 16.2. The molecule has 2 saturated heterocycles. The van der Waals surface area contributed by atoms with Crippen LogP contribution in [-0.4, -0.2) is 41.5 Å². The zero-order valence-electron chi connectivity index (χ0n) is 14.8. The van der Waals surface area contributed by atoms with Crippen LogP contribution >= 0.6 is 0 Å². The molecule has 3 aliphatic rings. The second-order valence-corrected chi connectivity index (χ2v) is 8.18. The van der Waals surface area contributed by atoms with E-state index in [0.29, 0.717) is 11.9 Å². The van der Waals surface area contributed by atoms with Crippen molar-refractivity contribution in [2.45, 2.75) is 64.3 Å². The van der Waals surface area contributed by atoms with Crippen molar-refractivity contribution in [3.63, 3.8) is 0 Å². The van der Waals surface area contributed by atoms with E-state index in [-0.39, 0.29) is 5.41 Å². The molecule has 3 heterocycles. The molecule has 4 heteroatoms. The summed E-state index contributed by atoms with van der Waals surface area (Å²) in [7, 11) is 0. The standard InChI is InChI=1S/C20H29N3O/c1-16-8-11-21-18(13-16)22-12-4-9-20(14-22)10-7-19(24)23(15-20)17-5-2-3-6-17/h8,11,13,17H,2-7,9-10,12,14-15H2,1H3. The summed E-state index contributed by atoms with van der Waals surface area (Å²) < 4.78 is 0. The zero-order valence-corrected chi connectivity index (χ0v) is 14.8. The minimum absolute atomic E-state index is 0.278. The van der Waals surface area contributed by atoms with E-state index in [4.69, 9.17) is 0 Å². The van der Waals surface area contributed by atoms with Crippen LogP contribution in [-0.2, 0) is 4.79 Å². The van der Waals surface area contributed by atoms with Crippen molar-refractivity contribution in [1.82, 2.24) is 9.88 Å². The number of amides is 1. The fourth-order valence-electron chi connectivity index (χ4n) is 5.02. The molecule has 0 bridgehead atoms. The molecule has 24 heavy (non-hydrogen) atoms. The summed E-state index contributed by atoms with van der Waals surface area (Å²) >= 11 is 0. The molecule has 0 radical (unpaired) electrons. The van der Waals surface area contributed by atoms with Crippen LogP contribution in [0.25, 0.3) is 0 Å².